The Morgan fingerprint density at radius 3 is 2.38 bits per heavy atom. The van der Waals surface area contributed by atoms with E-state index in [4.69, 9.17) is 9.31 Å². The molecular formula is C15H20BNO4. The first kappa shape index (κ1) is 15.7. The molecule has 0 amide bonds. The molecule has 1 aliphatic rings. The number of carbonyl (C=O) groups is 1. The molecule has 0 unspecified atom stereocenters. The highest BCUT2D eigenvalue weighted by atomic mass is 16.7. The van der Waals surface area contributed by atoms with Crippen molar-refractivity contribution in [3.63, 3.8) is 0 Å². The van der Waals surface area contributed by atoms with Crippen molar-refractivity contribution in [2.24, 2.45) is 0 Å². The van der Waals surface area contributed by atoms with Crippen LogP contribution >= 0.6 is 0 Å². The van der Waals surface area contributed by atoms with E-state index in [-0.39, 0.29) is 5.56 Å². The Hall–Kier alpha value is -1.66. The van der Waals surface area contributed by atoms with Gasteiger partial charge in [-0.2, -0.15) is 0 Å². The normalized spacial score (nSPS) is 20.1. The van der Waals surface area contributed by atoms with Crippen LogP contribution in [0.2, 0.25) is 0 Å². The summed E-state index contributed by atoms with van der Waals surface area (Å²) in [4.78, 5) is 15.4. The molecule has 0 bridgehead atoms. The third-order valence-electron chi connectivity index (χ3n) is 4.01. The van der Waals surface area contributed by atoms with E-state index in [1.165, 1.54) is 0 Å². The molecule has 0 aromatic carbocycles. The van der Waals surface area contributed by atoms with Crippen LogP contribution in [-0.4, -0.2) is 34.4 Å². The van der Waals surface area contributed by atoms with Gasteiger partial charge in [0, 0.05) is 17.5 Å². The van der Waals surface area contributed by atoms with Crippen LogP contribution in [0.15, 0.2) is 18.2 Å². The van der Waals surface area contributed by atoms with Crippen LogP contribution in [0.4, 0.5) is 0 Å². The van der Waals surface area contributed by atoms with Gasteiger partial charge in [0.15, 0.2) is 0 Å². The fraction of sp³-hybridized carbons (Fsp3) is 0.467. The maximum atomic E-state index is 11.3. The Balaban J connectivity index is 2.22. The van der Waals surface area contributed by atoms with E-state index in [1.807, 2.05) is 27.7 Å². The Morgan fingerprint density at radius 1 is 1.29 bits per heavy atom. The number of hydrogen-bond donors (Lipinski definition) is 1. The largest absolute Gasteiger partial charge is 0.487 e. The molecule has 5 nitrogen and oxygen atoms in total. The number of rotatable bonds is 3. The van der Waals surface area contributed by atoms with Gasteiger partial charge in [-0.3, -0.25) is 4.98 Å². The van der Waals surface area contributed by atoms with Gasteiger partial charge < -0.3 is 14.4 Å². The summed E-state index contributed by atoms with van der Waals surface area (Å²) in [5.74, 6) is 0.740. The van der Waals surface area contributed by atoms with Crippen molar-refractivity contribution in [1.82, 2.24) is 4.98 Å². The van der Waals surface area contributed by atoms with Crippen LogP contribution in [-0.2, 0) is 9.31 Å². The van der Waals surface area contributed by atoms with Gasteiger partial charge in [-0.1, -0.05) is 12.1 Å². The van der Waals surface area contributed by atoms with Gasteiger partial charge in [-0.25, -0.2) is 4.79 Å². The second-order valence-corrected chi connectivity index (χ2v) is 6.20. The van der Waals surface area contributed by atoms with Crippen LogP contribution in [0.1, 0.15) is 49.3 Å². The molecule has 0 saturated carbocycles. The zero-order valence-electron chi connectivity index (χ0n) is 13.0. The highest BCUT2D eigenvalue weighted by Gasteiger charge is 2.50. The Labute approximate surface area is 125 Å². The second kappa shape index (κ2) is 5.28. The maximum Gasteiger partial charge on any atom is 0.487 e. The number of carboxylic acids is 1. The lowest BCUT2D eigenvalue weighted by atomic mass is 9.88. The molecule has 1 saturated heterocycles. The molecule has 1 N–H and O–H groups in total. The van der Waals surface area contributed by atoms with Crippen molar-refractivity contribution < 1.29 is 19.2 Å². The molecular weight excluding hydrogens is 269 g/mol. The van der Waals surface area contributed by atoms with E-state index < -0.39 is 24.3 Å². The zero-order chi connectivity index (χ0) is 15.8. The summed E-state index contributed by atoms with van der Waals surface area (Å²) in [6, 6.07) is 1.55. The highest BCUT2D eigenvalue weighted by molar-refractivity contribution is 6.52. The highest BCUT2D eigenvalue weighted by Crippen LogP contribution is 2.37. The van der Waals surface area contributed by atoms with E-state index in [0.29, 0.717) is 11.3 Å². The Kier molecular flexibility index (Phi) is 3.95. The molecule has 2 heterocycles. The SMILES string of the molecule is Cc1cc(C(=O)O)c(/C=C/B2OC(C)(C)C(C)(C)O2)cn1. The molecule has 1 aromatic heterocycles. The summed E-state index contributed by atoms with van der Waals surface area (Å²) in [5.41, 5.74) is 0.588. The second-order valence-electron chi connectivity index (χ2n) is 6.20. The average molecular weight is 289 g/mol. The first-order chi connectivity index (χ1) is 9.62. The number of aromatic nitrogens is 1. The van der Waals surface area contributed by atoms with E-state index in [1.54, 1.807) is 31.2 Å². The number of aromatic carboxylic acids is 1. The van der Waals surface area contributed by atoms with E-state index in [0.717, 1.165) is 0 Å². The fourth-order valence-electron chi connectivity index (χ4n) is 2.04. The molecule has 0 atom stereocenters. The average Bonchev–Trinajstić information content (AvgIpc) is 2.56. The van der Waals surface area contributed by atoms with E-state index >= 15 is 0 Å². The summed E-state index contributed by atoms with van der Waals surface area (Å²) in [6.07, 6.45) is 3.22. The Morgan fingerprint density at radius 2 is 1.86 bits per heavy atom. The number of nitrogens with zero attached hydrogens (tertiary/aromatic N) is 1. The first-order valence-corrected chi connectivity index (χ1v) is 6.86. The molecule has 112 valence electrons. The number of hydrogen-bond acceptors (Lipinski definition) is 4. The lowest BCUT2D eigenvalue weighted by Gasteiger charge is -2.32. The third kappa shape index (κ3) is 3.17. The smallest absolute Gasteiger partial charge is 0.478 e. The lowest BCUT2D eigenvalue weighted by molar-refractivity contribution is 0.00578. The van der Waals surface area contributed by atoms with Crippen LogP contribution < -0.4 is 0 Å². The van der Waals surface area contributed by atoms with Crippen LogP contribution in [0.5, 0.6) is 0 Å². The zero-order valence-corrected chi connectivity index (χ0v) is 13.0. The van der Waals surface area contributed by atoms with Crippen LogP contribution in [0, 0.1) is 6.92 Å². The van der Waals surface area contributed by atoms with Gasteiger partial charge in [0.25, 0.3) is 0 Å². The van der Waals surface area contributed by atoms with Gasteiger partial charge in [0.1, 0.15) is 0 Å². The molecule has 0 aliphatic carbocycles. The van der Waals surface area contributed by atoms with Crippen molar-refractivity contribution in [2.45, 2.75) is 45.8 Å². The van der Waals surface area contributed by atoms with Crippen molar-refractivity contribution in [2.75, 3.05) is 0 Å². The monoisotopic (exact) mass is 289 g/mol. The fourth-order valence-corrected chi connectivity index (χ4v) is 2.04. The summed E-state index contributed by atoms with van der Waals surface area (Å²) in [7, 11) is -0.502. The van der Waals surface area contributed by atoms with Gasteiger partial charge in [0.2, 0.25) is 0 Å². The molecule has 1 aliphatic heterocycles. The predicted molar refractivity (Wildman–Crippen MR) is 81.0 cm³/mol. The van der Waals surface area contributed by atoms with Crippen molar-refractivity contribution in [1.29, 1.82) is 0 Å². The molecule has 0 radical (unpaired) electrons. The van der Waals surface area contributed by atoms with Gasteiger partial charge in [-0.05, 0) is 40.7 Å². The summed E-state index contributed by atoms with van der Waals surface area (Å²) in [6.45, 7) is 9.63. The molecule has 1 fully saturated rings. The number of carboxylic acid groups (broad SMARTS) is 1. The van der Waals surface area contributed by atoms with E-state index in [9.17, 15) is 9.90 Å². The quantitative estimate of drug-likeness (QED) is 0.866. The van der Waals surface area contributed by atoms with Gasteiger partial charge >= 0.3 is 13.1 Å². The maximum absolute atomic E-state index is 11.3. The minimum absolute atomic E-state index is 0.218. The third-order valence-corrected chi connectivity index (χ3v) is 4.01. The summed E-state index contributed by atoms with van der Waals surface area (Å²) < 4.78 is 11.7. The number of pyridine rings is 1. The predicted octanol–water partition coefficient (Wildman–Crippen LogP) is 2.73. The van der Waals surface area contributed by atoms with Crippen LogP contribution in [0.3, 0.4) is 0 Å². The molecule has 6 heteroatoms. The van der Waals surface area contributed by atoms with Gasteiger partial charge in [0.05, 0.1) is 16.8 Å². The van der Waals surface area contributed by atoms with Gasteiger partial charge in [-0.15, -0.1) is 0 Å². The van der Waals surface area contributed by atoms with Crippen molar-refractivity contribution in [3.05, 3.63) is 35.1 Å². The topological polar surface area (TPSA) is 68.7 Å². The standard InChI is InChI=1S/C15H20BNO4/c1-10-8-12(13(18)19)11(9-17-10)6-7-16-20-14(2,3)15(4,5)21-16/h6-9H,1-5H3,(H,18,19)/b7-6+. The van der Waals surface area contributed by atoms with Crippen molar-refractivity contribution >= 4 is 19.2 Å². The Bertz CT molecular complexity index is 579. The van der Waals surface area contributed by atoms with Crippen LogP contribution in [0.25, 0.3) is 6.08 Å². The first-order valence-electron chi connectivity index (χ1n) is 6.86. The summed E-state index contributed by atoms with van der Waals surface area (Å²) in [5, 5.41) is 9.22. The minimum Gasteiger partial charge on any atom is -0.478 e. The van der Waals surface area contributed by atoms with Crippen molar-refractivity contribution in [3.8, 4) is 0 Å². The lowest BCUT2D eigenvalue weighted by Crippen LogP contribution is -2.41. The molecule has 2 rings (SSSR count). The van der Waals surface area contributed by atoms with E-state index in [2.05, 4.69) is 4.98 Å². The minimum atomic E-state index is -0.978. The molecule has 0 spiro atoms. The molecule has 21 heavy (non-hydrogen) atoms. The molecule has 1 aromatic rings. The number of aryl methyl sites for hydroxylation is 1. The summed E-state index contributed by atoms with van der Waals surface area (Å²) >= 11 is 0.